The Morgan fingerprint density at radius 1 is 1.35 bits per heavy atom. The van der Waals surface area contributed by atoms with Crippen LogP contribution in [0.1, 0.15) is 39.2 Å². The van der Waals surface area contributed by atoms with Gasteiger partial charge in [-0.1, -0.05) is 31.8 Å². The highest BCUT2D eigenvalue weighted by atomic mass is 79.9. The summed E-state index contributed by atoms with van der Waals surface area (Å²) in [5, 5.41) is 11.8. The molecule has 0 saturated heterocycles. The Labute approximate surface area is 129 Å². The molecule has 5 heteroatoms. The summed E-state index contributed by atoms with van der Waals surface area (Å²) in [6.45, 7) is 8.63. The van der Waals surface area contributed by atoms with Gasteiger partial charge in [-0.15, -0.1) is 0 Å². The zero-order chi connectivity index (χ0) is 15.1. The lowest BCUT2D eigenvalue weighted by molar-refractivity contribution is 0.318. The smallest absolute Gasteiger partial charge is 0.170 e. The van der Waals surface area contributed by atoms with Crippen LogP contribution in [0.2, 0.25) is 0 Å². The van der Waals surface area contributed by atoms with Crippen molar-refractivity contribution in [3.8, 4) is 0 Å². The second-order valence-electron chi connectivity index (χ2n) is 4.87. The molecule has 0 aliphatic carbocycles. The van der Waals surface area contributed by atoms with Crippen molar-refractivity contribution < 1.29 is 5.21 Å². The number of hydrogen-bond acceptors (Lipinski definition) is 3. The predicted octanol–water partition coefficient (Wildman–Crippen LogP) is 3.81. The number of nitrogens with two attached hydrogens (primary N) is 1. The molecule has 3 N–H and O–H groups in total. The molecule has 0 aromatic heterocycles. The molecule has 0 heterocycles. The summed E-state index contributed by atoms with van der Waals surface area (Å²) >= 11 is 3.59. The highest BCUT2D eigenvalue weighted by molar-refractivity contribution is 9.10. The maximum Gasteiger partial charge on any atom is 0.170 e. The van der Waals surface area contributed by atoms with E-state index in [9.17, 15) is 0 Å². The van der Waals surface area contributed by atoms with Crippen molar-refractivity contribution >= 4 is 27.5 Å². The molecule has 0 aliphatic rings. The molecule has 0 aliphatic heterocycles. The normalized spacial score (nSPS) is 11.9. The summed E-state index contributed by atoms with van der Waals surface area (Å²) in [7, 11) is 0. The first-order chi connectivity index (χ1) is 9.57. The van der Waals surface area contributed by atoms with Gasteiger partial charge in [0.05, 0.1) is 5.69 Å². The minimum absolute atomic E-state index is 0.125. The molecule has 1 aromatic rings. The van der Waals surface area contributed by atoms with Crippen LogP contribution in [-0.4, -0.2) is 24.1 Å². The van der Waals surface area contributed by atoms with Crippen LogP contribution in [-0.2, 0) is 0 Å². The number of halogens is 1. The number of rotatable bonds is 7. The average Bonchev–Trinajstić information content (AvgIpc) is 2.48. The first-order valence-electron chi connectivity index (χ1n) is 7.09. The standard InChI is InChI=1S/C15H24BrN3O/c1-4-11(5-2)10-19(6-3)14-8-7-12(9-13(14)16)15(17)18-20/h7-9,11,20H,4-6,10H2,1-3H3,(H2,17,18). The van der Waals surface area contributed by atoms with Gasteiger partial charge in [-0.05, 0) is 47.0 Å². The molecule has 1 rings (SSSR count). The molecule has 0 saturated carbocycles. The van der Waals surface area contributed by atoms with Crippen molar-refractivity contribution in [1.82, 2.24) is 0 Å². The van der Waals surface area contributed by atoms with E-state index in [2.05, 4.69) is 46.8 Å². The third-order valence-electron chi connectivity index (χ3n) is 3.71. The Bertz CT molecular complexity index is 458. The van der Waals surface area contributed by atoms with E-state index in [4.69, 9.17) is 10.9 Å². The SMILES string of the molecule is CCC(CC)CN(CC)c1ccc(/C(N)=N/O)cc1Br. The lowest BCUT2D eigenvalue weighted by Gasteiger charge is -2.28. The van der Waals surface area contributed by atoms with Crippen LogP contribution in [0.15, 0.2) is 27.8 Å². The van der Waals surface area contributed by atoms with E-state index in [-0.39, 0.29) is 5.84 Å². The van der Waals surface area contributed by atoms with Crippen LogP contribution in [0.5, 0.6) is 0 Å². The molecule has 0 fully saturated rings. The van der Waals surface area contributed by atoms with E-state index in [1.807, 2.05) is 18.2 Å². The van der Waals surface area contributed by atoms with Gasteiger partial charge >= 0.3 is 0 Å². The first kappa shape index (κ1) is 16.8. The van der Waals surface area contributed by atoms with Gasteiger partial charge in [-0.25, -0.2) is 0 Å². The van der Waals surface area contributed by atoms with E-state index in [1.165, 1.54) is 12.8 Å². The fourth-order valence-electron chi connectivity index (χ4n) is 2.24. The van der Waals surface area contributed by atoms with Crippen molar-refractivity contribution in [2.45, 2.75) is 33.6 Å². The lowest BCUT2D eigenvalue weighted by atomic mass is 10.0. The van der Waals surface area contributed by atoms with Gasteiger partial charge in [0.2, 0.25) is 0 Å². The molecule has 0 spiro atoms. The van der Waals surface area contributed by atoms with Crippen molar-refractivity contribution in [1.29, 1.82) is 0 Å². The molecule has 20 heavy (non-hydrogen) atoms. The molecule has 0 bridgehead atoms. The van der Waals surface area contributed by atoms with Crippen molar-refractivity contribution in [2.24, 2.45) is 16.8 Å². The summed E-state index contributed by atoms with van der Waals surface area (Å²) < 4.78 is 0.967. The van der Waals surface area contributed by atoms with Crippen LogP contribution in [0.4, 0.5) is 5.69 Å². The summed E-state index contributed by atoms with van der Waals surface area (Å²) in [4.78, 5) is 2.36. The summed E-state index contributed by atoms with van der Waals surface area (Å²) in [5.74, 6) is 0.825. The molecular weight excluding hydrogens is 318 g/mol. The molecule has 0 atom stereocenters. The van der Waals surface area contributed by atoms with Crippen LogP contribution < -0.4 is 10.6 Å². The van der Waals surface area contributed by atoms with Gasteiger partial charge < -0.3 is 15.8 Å². The summed E-state index contributed by atoms with van der Waals surface area (Å²) in [5.41, 5.74) is 7.47. The van der Waals surface area contributed by atoms with Crippen LogP contribution in [0, 0.1) is 5.92 Å². The third kappa shape index (κ3) is 4.13. The molecular formula is C15H24BrN3O. The van der Waals surface area contributed by atoms with Crippen molar-refractivity contribution in [2.75, 3.05) is 18.0 Å². The van der Waals surface area contributed by atoms with E-state index < -0.39 is 0 Å². The highest BCUT2D eigenvalue weighted by Gasteiger charge is 2.14. The van der Waals surface area contributed by atoms with Gasteiger partial charge in [-0.3, -0.25) is 0 Å². The molecule has 1 aromatic carbocycles. The van der Waals surface area contributed by atoms with E-state index in [0.29, 0.717) is 11.5 Å². The van der Waals surface area contributed by atoms with Crippen LogP contribution in [0.25, 0.3) is 0 Å². The topological polar surface area (TPSA) is 61.8 Å². The zero-order valence-corrected chi connectivity index (χ0v) is 14.0. The quantitative estimate of drug-likeness (QED) is 0.343. The number of benzene rings is 1. The molecule has 0 radical (unpaired) electrons. The second-order valence-corrected chi connectivity index (χ2v) is 5.73. The lowest BCUT2D eigenvalue weighted by Crippen LogP contribution is -2.29. The minimum Gasteiger partial charge on any atom is -0.409 e. The zero-order valence-electron chi connectivity index (χ0n) is 12.4. The highest BCUT2D eigenvalue weighted by Crippen LogP contribution is 2.28. The number of amidine groups is 1. The molecule has 0 amide bonds. The van der Waals surface area contributed by atoms with Crippen molar-refractivity contribution in [3.63, 3.8) is 0 Å². The van der Waals surface area contributed by atoms with E-state index in [1.54, 1.807) is 0 Å². The number of anilines is 1. The van der Waals surface area contributed by atoms with Crippen molar-refractivity contribution in [3.05, 3.63) is 28.2 Å². The predicted molar refractivity (Wildman–Crippen MR) is 88.6 cm³/mol. The van der Waals surface area contributed by atoms with Gasteiger partial charge in [0.15, 0.2) is 5.84 Å². The Morgan fingerprint density at radius 3 is 2.45 bits per heavy atom. The fraction of sp³-hybridized carbons (Fsp3) is 0.533. The molecule has 4 nitrogen and oxygen atoms in total. The Morgan fingerprint density at radius 2 is 2.00 bits per heavy atom. The van der Waals surface area contributed by atoms with Gasteiger partial charge in [0.25, 0.3) is 0 Å². The number of hydrogen-bond donors (Lipinski definition) is 2. The Balaban J connectivity index is 2.99. The second kappa shape index (κ2) is 8.15. The Kier molecular flexibility index (Phi) is 6.85. The average molecular weight is 342 g/mol. The third-order valence-corrected chi connectivity index (χ3v) is 4.34. The monoisotopic (exact) mass is 341 g/mol. The largest absolute Gasteiger partial charge is 0.409 e. The molecule has 112 valence electrons. The fourth-order valence-corrected chi connectivity index (χ4v) is 2.87. The van der Waals surface area contributed by atoms with Crippen LogP contribution in [0.3, 0.4) is 0 Å². The minimum atomic E-state index is 0.125. The first-order valence-corrected chi connectivity index (χ1v) is 7.88. The summed E-state index contributed by atoms with van der Waals surface area (Å²) in [6, 6.07) is 5.79. The number of oxime groups is 1. The van der Waals surface area contributed by atoms with E-state index >= 15 is 0 Å². The van der Waals surface area contributed by atoms with Crippen LogP contribution >= 0.6 is 15.9 Å². The molecule has 0 unspecified atom stereocenters. The summed E-state index contributed by atoms with van der Waals surface area (Å²) in [6.07, 6.45) is 2.37. The van der Waals surface area contributed by atoms with E-state index in [0.717, 1.165) is 23.2 Å². The maximum absolute atomic E-state index is 8.72. The number of nitrogens with zero attached hydrogens (tertiary/aromatic N) is 2. The Hall–Kier alpha value is -1.23. The maximum atomic E-state index is 8.72. The van der Waals surface area contributed by atoms with Gasteiger partial charge in [0.1, 0.15) is 0 Å². The van der Waals surface area contributed by atoms with Gasteiger partial charge in [0, 0.05) is 23.1 Å². The van der Waals surface area contributed by atoms with Gasteiger partial charge in [-0.2, -0.15) is 0 Å².